The lowest BCUT2D eigenvalue weighted by molar-refractivity contribution is 0.627. The van der Waals surface area contributed by atoms with Crippen LogP contribution in [0.3, 0.4) is 0 Å². The van der Waals surface area contributed by atoms with E-state index in [2.05, 4.69) is 48.7 Å². The van der Waals surface area contributed by atoms with Crippen LogP contribution in [0, 0.1) is 19.7 Å². The van der Waals surface area contributed by atoms with Gasteiger partial charge in [-0.1, -0.05) is 30.3 Å². The zero-order valence-electron chi connectivity index (χ0n) is 14.8. The van der Waals surface area contributed by atoms with Crippen molar-refractivity contribution in [2.45, 2.75) is 13.8 Å². The Morgan fingerprint density at radius 1 is 1.15 bits per heavy atom. The summed E-state index contributed by atoms with van der Waals surface area (Å²) in [7, 11) is 0. The number of rotatable bonds is 5. The maximum atomic E-state index is 13.4. The molecule has 2 aromatic carbocycles. The third kappa shape index (κ3) is 4.06. The lowest BCUT2D eigenvalue weighted by Gasteiger charge is -2.06. The van der Waals surface area contributed by atoms with Crippen LogP contribution < -0.4 is 4.80 Å². The molecule has 0 atom stereocenters. The van der Waals surface area contributed by atoms with E-state index in [-0.39, 0.29) is 5.82 Å². The quantitative estimate of drug-likeness (QED) is 0.453. The molecule has 132 valence electrons. The van der Waals surface area contributed by atoms with Crippen molar-refractivity contribution >= 4 is 17.6 Å². The van der Waals surface area contributed by atoms with E-state index in [0.717, 1.165) is 16.1 Å². The van der Waals surface area contributed by atoms with Gasteiger partial charge in [0.2, 0.25) is 4.80 Å². The third-order valence-corrected chi connectivity index (χ3v) is 4.87. The average molecular weight is 365 g/mol. The van der Waals surface area contributed by atoms with Crippen molar-refractivity contribution in [3.05, 3.63) is 87.8 Å². The molecule has 5 heteroatoms. The van der Waals surface area contributed by atoms with E-state index in [4.69, 9.17) is 0 Å². The average Bonchev–Trinajstić information content (AvgIpc) is 3.03. The zero-order chi connectivity index (χ0) is 18.5. The van der Waals surface area contributed by atoms with E-state index in [1.54, 1.807) is 23.0 Å². The van der Waals surface area contributed by atoms with Gasteiger partial charge >= 0.3 is 0 Å². The van der Waals surface area contributed by atoms with Crippen molar-refractivity contribution in [2.75, 3.05) is 6.54 Å². The van der Waals surface area contributed by atoms with Gasteiger partial charge in [-0.3, -0.25) is 4.99 Å². The first-order chi connectivity index (χ1) is 12.6. The highest BCUT2D eigenvalue weighted by atomic mass is 32.1. The molecular formula is C21H20FN3S. The van der Waals surface area contributed by atoms with E-state index in [1.165, 1.54) is 34.6 Å². The van der Waals surface area contributed by atoms with Gasteiger partial charge in [-0.05, 0) is 48.7 Å². The fourth-order valence-corrected chi connectivity index (χ4v) is 3.32. The summed E-state index contributed by atoms with van der Waals surface area (Å²) in [5.74, 6) is -0.282. The van der Waals surface area contributed by atoms with Crippen molar-refractivity contribution in [1.82, 2.24) is 4.68 Å². The highest BCUT2D eigenvalue weighted by Crippen LogP contribution is 2.23. The third-order valence-electron chi connectivity index (χ3n) is 4.01. The van der Waals surface area contributed by atoms with Crippen molar-refractivity contribution in [3.63, 3.8) is 0 Å². The summed E-state index contributed by atoms with van der Waals surface area (Å²) in [5, 5.41) is 6.60. The van der Waals surface area contributed by atoms with Crippen LogP contribution in [0.25, 0.3) is 11.3 Å². The summed E-state index contributed by atoms with van der Waals surface area (Å²) in [5.41, 5.74) is 5.19. The molecule has 0 aliphatic rings. The molecule has 0 unspecified atom stereocenters. The number of aryl methyl sites for hydroxylation is 2. The first-order valence-corrected chi connectivity index (χ1v) is 9.16. The summed E-state index contributed by atoms with van der Waals surface area (Å²) in [6.07, 6.45) is 3.39. The predicted octanol–water partition coefficient (Wildman–Crippen LogP) is 4.94. The number of hydrogen-bond donors (Lipinski definition) is 0. The minimum absolute atomic E-state index is 0.282. The number of aromatic nitrogens is 1. The molecule has 1 heterocycles. The molecule has 0 amide bonds. The van der Waals surface area contributed by atoms with Crippen molar-refractivity contribution in [3.8, 4) is 11.3 Å². The van der Waals surface area contributed by atoms with Gasteiger partial charge in [0.25, 0.3) is 0 Å². The number of hydrogen-bond acceptors (Lipinski definition) is 3. The molecule has 3 aromatic rings. The standard InChI is InChI=1S/C21H20FN3S/c1-4-10-23-21-25(24-13-17-6-5-7-19(22)12-17)20(14-26-21)18-9-8-15(2)16(3)11-18/h4-9,11-14H,1,10H2,2-3H3. The molecule has 3 nitrogen and oxygen atoms in total. The molecule has 0 saturated heterocycles. The Bertz CT molecular complexity index is 1030. The highest BCUT2D eigenvalue weighted by Gasteiger charge is 2.08. The first kappa shape index (κ1) is 18.0. The van der Waals surface area contributed by atoms with E-state index < -0.39 is 0 Å². The molecule has 0 bridgehead atoms. The number of halogens is 1. The monoisotopic (exact) mass is 365 g/mol. The van der Waals surface area contributed by atoms with Crippen LogP contribution in [0.15, 0.2) is 70.6 Å². The Morgan fingerprint density at radius 3 is 2.73 bits per heavy atom. The fraction of sp³-hybridized carbons (Fsp3) is 0.143. The van der Waals surface area contributed by atoms with Crippen LogP contribution in [0.2, 0.25) is 0 Å². The molecule has 3 rings (SSSR count). The maximum Gasteiger partial charge on any atom is 0.206 e. The van der Waals surface area contributed by atoms with E-state index in [9.17, 15) is 4.39 Å². The van der Waals surface area contributed by atoms with Crippen molar-refractivity contribution in [1.29, 1.82) is 0 Å². The number of nitrogens with zero attached hydrogens (tertiary/aromatic N) is 3. The second kappa shape index (κ2) is 8.06. The summed E-state index contributed by atoms with van der Waals surface area (Å²) in [6.45, 7) is 8.42. The summed E-state index contributed by atoms with van der Waals surface area (Å²) < 4.78 is 15.2. The molecule has 26 heavy (non-hydrogen) atoms. The highest BCUT2D eigenvalue weighted by molar-refractivity contribution is 7.07. The minimum atomic E-state index is -0.282. The Morgan fingerprint density at radius 2 is 2.00 bits per heavy atom. The normalized spacial score (nSPS) is 12.0. The SMILES string of the molecule is C=CCN=c1scc(-c2ccc(C)c(C)c2)n1N=Cc1cccc(F)c1. The van der Waals surface area contributed by atoms with Gasteiger partial charge in [0.05, 0.1) is 18.5 Å². The topological polar surface area (TPSA) is 29.6 Å². The molecule has 0 spiro atoms. The Balaban J connectivity index is 2.09. The molecule has 1 aromatic heterocycles. The van der Waals surface area contributed by atoms with E-state index in [1.807, 2.05) is 11.4 Å². The second-order valence-electron chi connectivity index (χ2n) is 5.94. The van der Waals surface area contributed by atoms with Crippen LogP contribution in [-0.2, 0) is 0 Å². The van der Waals surface area contributed by atoms with Gasteiger partial charge in [-0.25, -0.2) is 9.07 Å². The van der Waals surface area contributed by atoms with Crippen LogP contribution in [0.5, 0.6) is 0 Å². The Labute approximate surface area is 156 Å². The second-order valence-corrected chi connectivity index (χ2v) is 6.78. The van der Waals surface area contributed by atoms with Gasteiger partial charge in [0.1, 0.15) is 5.82 Å². The Hall–Kier alpha value is -2.79. The smallest absolute Gasteiger partial charge is 0.206 e. The molecule has 0 aliphatic carbocycles. The molecule has 0 saturated carbocycles. The maximum absolute atomic E-state index is 13.4. The van der Waals surface area contributed by atoms with E-state index in [0.29, 0.717) is 12.1 Å². The minimum Gasteiger partial charge on any atom is -0.253 e. The lowest BCUT2D eigenvalue weighted by atomic mass is 10.1. The molecule has 0 N–H and O–H groups in total. The summed E-state index contributed by atoms with van der Waals surface area (Å²) in [4.78, 5) is 5.29. The zero-order valence-corrected chi connectivity index (χ0v) is 15.6. The largest absolute Gasteiger partial charge is 0.253 e. The van der Waals surface area contributed by atoms with Crippen molar-refractivity contribution in [2.24, 2.45) is 10.1 Å². The predicted molar refractivity (Wildman–Crippen MR) is 107 cm³/mol. The lowest BCUT2D eigenvalue weighted by Crippen LogP contribution is -2.12. The summed E-state index contributed by atoms with van der Waals surface area (Å²) >= 11 is 1.52. The van der Waals surface area contributed by atoms with Crippen LogP contribution >= 0.6 is 11.3 Å². The fourth-order valence-electron chi connectivity index (χ4n) is 2.47. The molecule has 0 fully saturated rings. The molecule has 0 aliphatic heterocycles. The van der Waals surface area contributed by atoms with Gasteiger partial charge in [0.15, 0.2) is 0 Å². The van der Waals surface area contributed by atoms with Gasteiger partial charge in [0, 0.05) is 10.9 Å². The Kier molecular flexibility index (Phi) is 5.58. The number of benzene rings is 2. The van der Waals surface area contributed by atoms with Crippen LogP contribution in [0.4, 0.5) is 4.39 Å². The van der Waals surface area contributed by atoms with Crippen molar-refractivity contribution < 1.29 is 4.39 Å². The van der Waals surface area contributed by atoms with Crippen LogP contribution in [-0.4, -0.2) is 17.4 Å². The van der Waals surface area contributed by atoms with Gasteiger partial charge < -0.3 is 0 Å². The van der Waals surface area contributed by atoms with Gasteiger partial charge in [-0.15, -0.1) is 17.9 Å². The first-order valence-electron chi connectivity index (χ1n) is 8.28. The number of thiazole rings is 1. The molecule has 0 radical (unpaired) electrons. The van der Waals surface area contributed by atoms with Gasteiger partial charge in [-0.2, -0.15) is 5.10 Å². The van der Waals surface area contributed by atoms with E-state index >= 15 is 0 Å². The summed E-state index contributed by atoms with van der Waals surface area (Å²) in [6, 6.07) is 12.7. The van der Waals surface area contributed by atoms with Crippen LogP contribution in [0.1, 0.15) is 16.7 Å². The molecular weight excluding hydrogens is 345 g/mol.